The smallest absolute Gasteiger partial charge is 0.00201 e. The van der Waals surface area contributed by atoms with Crippen LogP contribution in [0.1, 0.15) is 0 Å². The molecule has 0 bridgehead atoms. The molecular weight excluding hydrogens is 432 g/mol. The van der Waals surface area contributed by atoms with Crippen LogP contribution < -0.4 is 0 Å². The van der Waals surface area contributed by atoms with E-state index < -0.39 is 0 Å². The predicted octanol–water partition coefficient (Wildman–Crippen LogP) is 10.2. The van der Waals surface area contributed by atoms with Crippen molar-refractivity contribution in [2.45, 2.75) is 0 Å². The Kier molecular flexibility index (Phi) is 4.03. The van der Waals surface area contributed by atoms with Gasteiger partial charge in [-0.2, -0.15) is 0 Å². The molecule has 0 atom stereocenters. The first-order chi connectivity index (χ1) is 17.8. The summed E-state index contributed by atoms with van der Waals surface area (Å²) in [6, 6.07) is 49.2. The number of rotatable bonds is 2. The van der Waals surface area contributed by atoms with Crippen molar-refractivity contribution < 1.29 is 0 Å². The number of benzene rings is 8. The molecule has 0 nitrogen and oxygen atoms in total. The molecule has 0 heterocycles. The van der Waals surface area contributed by atoms with Gasteiger partial charge in [-0.1, -0.05) is 115 Å². The van der Waals surface area contributed by atoms with Gasteiger partial charge in [0.05, 0.1) is 0 Å². The molecule has 0 N–H and O–H groups in total. The van der Waals surface area contributed by atoms with Gasteiger partial charge in [-0.15, -0.1) is 0 Å². The maximum absolute atomic E-state index is 2.41. The average Bonchev–Trinajstić information content (AvgIpc) is 2.95. The third-order valence-corrected chi connectivity index (χ3v) is 7.75. The summed E-state index contributed by atoms with van der Waals surface area (Å²) in [6.07, 6.45) is 0. The Hall–Kier alpha value is -4.68. The summed E-state index contributed by atoms with van der Waals surface area (Å²) < 4.78 is 0. The Morgan fingerprint density at radius 1 is 0.306 bits per heavy atom. The van der Waals surface area contributed by atoms with E-state index in [-0.39, 0.29) is 0 Å². The minimum absolute atomic E-state index is 1.25. The molecule has 8 aromatic carbocycles. The van der Waals surface area contributed by atoms with Crippen LogP contribution in [0.15, 0.2) is 133 Å². The molecule has 0 saturated carbocycles. The highest BCUT2D eigenvalue weighted by Gasteiger charge is 2.17. The number of hydrogen-bond acceptors (Lipinski definition) is 0. The van der Waals surface area contributed by atoms with Gasteiger partial charge in [0.1, 0.15) is 0 Å². The first-order valence-corrected chi connectivity index (χ1v) is 12.5. The molecule has 0 fully saturated rings. The monoisotopic (exact) mass is 454 g/mol. The quantitative estimate of drug-likeness (QED) is 0.228. The SMILES string of the molecule is c1ccc2cc(-c3cc4ccc5cccc6ccc(c3-c3ccc7ccccc7c3)c4c56)ccc2c1. The fourth-order valence-electron chi connectivity index (χ4n) is 6.05. The molecule has 0 heteroatoms. The van der Waals surface area contributed by atoms with Crippen LogP contribution in [0.2, 0.25) is 0 Å². The zero-order chi connectivity index (χ0) is 23.6. The summed E-state index contributed by atoms with van der Waals surface area (Å²) in [6.45, 7) is 0. The molecule has 0 radical (unpaired) electrons. The molecule has 0 spiro atoms. The van der Waals surface area contributed by atoms with E-state index >= 15 is 0 Å². The summed E-state index contributed by atoms with van der Waals surface area (Å²) >= 11 is 0. The second-order valence-corrected chi connectivity index (χ2v) is 9.78. The zero-order valence-electron chi connectivity index (χ0n) is 19.7. The molecular formula is C36H22. The van der Waals surface area contributed by atoms with Gasteiger partial charge in [0, 0.05) is 0 Å². The zero-order valence-corrected chi connectivity index (χ0v) is 19.7. The first-order valence-electron chi connectivity index (χ1n) is 12.5. The van der Waals surface area contributed by atoms with E-state index in [1.165, 1.54) is 76.1 Å². The lowest BCUT2D eigenvalue weighted by Crippen LogP contribution is -1.92. The van der Waals surface area contributed by atoms with Crippen LogP contribution in [0.5, 0.6) is 0 Å². The van der Waals surface area contributed by atoms with Gasteiger partial charge in [0.25, 0.3) is 0 Å². The first kappa shape index (κ1) is 19.6. The summed E-state index contributed by atoms with van der Waals surface area (Å²) in [7, 11) is 0. The largest absolute Gasteiger partial charge is 0.0616 e. The van der Waals surface area contributed by atoms with Crippen molar-refractivity contribution in [3.05, 3.63) is 133 Å². The summed E-state index contributed by atoms with van der Waals surface area (Å²) in [4.78, 5) is 0. The lowest BCUT2D eigenvalue weighted by molar-refractivity contribution is 1.65. The van der Waals surface area contributed by atoms with E-state index in [9.17, 15) is 0 Å². The van der Waals surface area contributed by atoms with Crippen molar-refractivity contribution in [1.82, 2.24) is 0 Å². The predicted molar refractivity (Wildman–Crippen MR) is 156 cm³/mol. The highest BCUT2D eigenvalue weighted by atomic mass is 14.2. The molecule has 0 amide bonds. The van der Waals surface area contributed by atoms with E-state index in [4.69, 9.17) is 0 Å². The van der Waals surface area contributed by atoms with Crippen LogP contribution in [-0.4, -0.2) is 0 Å². The van der Waals surface area contributed by atoms with Gasteiger partial charge in [0.15, 0.2) is 0 Å². The highest BCUT2D eigenvalue weighted by Crippen LogP contribution is 2.45. The van der Waals surface area contributed by atoms with Gasteiger partial charge in [-0.25, -0.2) is 0 Å². The van der Waals surface area contributed by atoms with Crippen molar-refractivity contribution in [2.75, 3.05) is 0 Å². The van der Waals surface area contributed by atoms with Crippen molar-refractivity contribution in [3.8, 4) is 22.3 Å². The van der Waals surface area contributed by atoms with Gasteiger partial charge >= 0.3 is 0 Å². The molecule has 8 aromatic rings. The third-order valence-electron chi connectivity index (χ3n) is 7.75. The molecule has 36 heavy (non-hydrogen) atoms. The van der Waals surface area contributed by atoms with E-state index in [0.717, 1.165) is 0 Å². The molecule has 0 aliphatic carbocycles. The number of fused-ring (bicyclic) bond motifs is 2. The third kappa shape index (κ3) is 2.82. The molecule has 0 aromatic heterocycles. The van der Waals surface area contributed by atoms with Gasteiger partial charge < -0.3 is 0 Å². The molecule has 0 saturated heterocycles. The van der Waals surface area contributed by atoms with Crippen molar-refractivity contribution in [3.63, 3.8) is 0 Å². The molecule has 166 valence electrons. The Labute approximate surface area is 209 Å². The highest BCUT2D eigenvalue weighted by molar-refractivity contribution is 6.27. The minimum Gasteiger partial charge on any atom is -0.0616 e. The van der Waals surface area contributed by atoms with Crippen LogP contribution in [0.4, 0.5) is 0 Å². The van der Waals surface area contributed by atoms with E-state index in [1.54, 1.807) is 0 Å². The van der Waals surface area contributed by atoms with E-state index in [1.807, 2.05) is 0 Å². The summed E-state index contributed by atoms with van der Waals surface area (Å²) in [5, 5.41) is 13.0. The summed E-state index contributed by atoms with van der Waals surface area (Å²) in [5.41, 5.74) is 5.10. The van der Waals surface area contributed by atoms with Crippen LogP contribution >= 0.6 is 0 Å². The van der Waals surface area contributed by atoms with Crippen molar-refractivity contribution in [1.29, 1.82) is 0 Å². The van der Waals surface area contributed by atoms with Crippen molar-refractivity contribution in [2.24, 2.45) is 0 Å². The fraction of sp³-hybridized carbons (Fsp3) is 0. The van der Waals surface area contributed by atoms with E-state index in [0.29, 0.717) is 0 Å². The van der Waals surface area contributed by atoms with Crippen LogP contribution in [0.25, 0.3) is 76.1 Å². The van der Waals surface area contributed by atoms with Crippen LogP contribution in [0, 0.1) is 0 Å². The molecule has 8 rings (SSSR count). The maximum Gasteiger partial charge on any atom is -0.00201 e. The molecule has 0 aliphatic rings. The second kappa shape index (κ2) is 7.41. The minimum atomic E-state index is 1.25. The lowest BCUT2D eigenvalue weighted by atomic mass is 9.84. The summed E-state index contributed by atoms with van der Waals surface area (Å²) in [5.74, 6) is 0. The average molecular weight is 455 g/mol. The standard InChI is InChI=1S/C36H22/c1-3-8-27-20-29(15-12-23(27)6-1)33-22-31-17-14-25-10-5-11-26-18-19-32(36(31)34(25)26)35(33)30-16-13-24-7-2-4-9-28(24)21-30/h1-22H. The maximum atomic E-state index is 2.41. The second-order valence-electron chi connectivity index (χ2n) is 9.78. The van der Waals surface area contributed by atoms with Gasteiger partial charge in [-0.3, -0.25) is 0 Å². The Balaban J connectivity index is 1.54. The molecule has 0 unspecified atom stereocenters. The number of hydrogen-bond donors (Lipinski definition) is 0. The van der Waals surface area contributed by atoms with Gasteiger partial charge in [-0.05, 0) is 94.3 Å². The Bertz CT molecular complexity index is 2080. The molecule has 0 aliphatic heterocycles. The normalized spacial score (nSPS) is 11.9. The fourth-order valence-corrected chi connectivity index (χ4v) is 6.05. The van der Waals surface area contributed by atoms with E-state index in [2.05, 4.69) is 133 Å². The Morgan fingerprint density at radius 3 is 1.56 bits per heavy atom. The van der Waals surface area contributed by atoms with Crippen LogP contribution in [-0.2, 0) is 0 Å². The van der Waals surface area contributed by atoms with Crippen LogP contribution in [0.3, 0.4) is 0 Å². The lowest BCUT2D eigenvalue weighted by Gasteiger charge is -2.19. The topological polar surface area (TPSA) is 0 Å². The van der Waals surface area contributed by atoms with Gasteiger partial charge in [0.2, 0.25) is 0 Å². The Morgan fingerprint density at radius 2 is 0.833 bits per heavy atom. The van der Waals surface area contributed by atoms with Crippen molar-refractivity contribution >= 4 is 53.9 Å².